The Morgan fingerprint density at radius 2 is 2.15 bits per heavy atom. The van der Waals surface area contributed by atoms with E-state index in [4.69, 9.17) is 10.4 Å². The molecule has 5 heteroatoms. The van der Waals surface area contributed by atoms with Crippen LogP contribution in [-0.4, -0.2) is 28.5 Å². The fraction of sp³-hybridized carbons (Fsp3) is 0.400. The van der Waals surface area contributed by atoms with Gasteiger partial charge in [0.2, 0.25) is 0 Å². The van der Waals surface area contributed by atoms with Crippen LogP contribution in [0.4, 0.5) is 5.69 Å². The number of hydrogen-bond donors (Lipinski definition) is 2. The topological polar surface area (TPSA) is 81.8 Å². The van der Waals surface area contributed by atoms with E-state index in [1.54, 1.807) is 0 Å². The summed E-state index contributed by atoms with van der Waals surface area (Å²) in [5, 5.41) is 30.3. The molecule has 1 atom stereocenters. The molecule has 0 aliphatic heterocycles. The number of nitrogens with one attached hydrogen (secondary N) is 1. The molecule has 0 aliphatic rings. The summed E-state index contributed by atoms with van der Waals surface area (Å²) in [6.07, 6.45) is 1.88. The lowest BCUT2D eigenvalue weighted by molar-refractivity contribution is 0.229. The largest absolute Gasteiger partial charge is 0.396 e. The molecule has 5 nitrogen and oxygen atoms in total. The van der Waals surface area contributed by atoms with Gasteiger partial charge in [0.1, 0.15) is 6.07 Å². The van der Waals surface area contributed by atoms with E-state index in [2.05, 4.69) is 21.6 Å². The van der Waals surface area contributed by atoms with Gasteiger partial charge in [0, 0.05) is 18.5 Å². The first-order valence-corrected chi connectivity index (χ1v) is 6.76. The summed E-state index contributed by atoms with van der Waals surface area (Å²) >= 11 is 0. The molecule has 0 spiro atoms. The molecule has 0 radical (unpaired) electrons. The summed E-state index contributed by atoms with van der Waals surface area (Å²) in [7, 11) is 0. The van der Waals surface area contributed by atoms with Gasteiger partial charge in [-0.3, -0.25) is 0 Å². The van der Waals surface area contributed by atoms with E-state index in [1.165, 1.54) is 0 Å². The van der Waals surface area contributed by atoms with Crippen LogP contribution in [0.25, 0.3) is 10.9 Å². The fourth-order valence-corrected chi connectivity index (χ4v) is 2.07. The fourth-order valence-electron chi connectivity index (χ4n) is 2.07. The zero-order chi connectivity index (χ0) is 14.4. The highest BCUT2D eigenvalue weighted by atomic mass is 16.3. The lowest BCUT2D eigenvalue weighted by atomic mass is 10.1. The van der Waals surface area contributed by atoms with Crippen molar-refractivity contribution in [2.24, 2.45) is 5.92 Å². The number of hydrogen-bond acceptors (Lipinski definition) is 5. The Bertz CT molecular complexity index is 621. The number of aliphatic hydroxyl groups is 1. The van der Waals surface area contributed by atoms with Crippen LogP contribution in [0.3, 0.4) is 0 Å². The van der Waals surface area contributed by atoms with Crippen LogP contribution in [0.5, 0.6) is 0 Å². The van der Waals surface area contributed by atoms with Crippen molar-refractivity contribution in [2.45, 2.75) is 19.8 Å². The normalized spacial score (nSPS) is 12.1. The first-order chi connectivity index (χ1) is 9.76. The molecule has 1 aromatic heterocycles. The van der Waals surface area contributed by atoms with E-state index >= 15 is 0 Å². The Morgan fingerprint density at radius 3 is 2.90 bits per heavy atom. The van der Waals surface area contributed by atoms with Gasteiger partial charge in [0.05, 0.1) is 11.2 Å². The van der Waals surface area contributed by atoms with Crippen LogP contribution in [0, 0.1) is 17.2 Å². The molecule has 0 bridgehead atoms. The lowest BCUT2D eigenvalue weighted by Gasteiger charge is -2.11. The maximum Gasteiger partial charge on any atom is 0.186 e. The second kappa shape index (κ2) is 6.83. The predicted molar refractivity (Wildman–Crippen MR) is 78.2 cm³/mol. The smallest absolute Gasteiger partial charge is 0.186 e. The van der Waals surface area contributed by atoms with Gasteiger partial charge in [-0.05, 0) is 24.8 Å². The Kier molecular flexibility index (Phi) is 4.85. The molecular formula is C15H18N4O. The highest BCUT2D eigenvalue weighted by molar-refractivity contribution is 5.92. The zero-order valence-electron chi connectivity index (χ0n) is 11.5. The minimum Gasteiger partial charge on any atom is -0.396 e. The van der Waals surface area contributed by atoms with Crippen molar-refractivity contribution in [3.05, 3.63) is 30.0 Å². The molecule has 1 aromatic carbocycles. The lowest BCUT2D eigenvalue weighted by Crippen LogP contribution is -2.09. The van der Waals surface area contributed by atoms with E-state index in [0.717, 1.165) is 36.0 Å². The van der Waals surface area contributed by atoms with Crippen LogP contribution in [0.1, 0.15) is 25.5 Å². The number of anilines is 1. The van der Waals surface area contributed by atoms with E-state index < -0.39 is 0 Å². The first-order valence-electron chi connectivity index (χ1n) is 6.76. The third kappa shape index (κ3) is 3.22. The molecule has 0 saturated carbocycles. The van der Waals surface area contributed by atoms with Gasteiger partial charge in [-0.15, -0.1) is 10.2 Å². The second-order valence-electron chi connectivity index (χ2n) is 4.91. The summed E-state index contributed by atoms with van der Waals surface area (Å²) < 4.78 is 0. The molecular weight excluding hydrogens is 252 g/mol. The minimum atomic E-state index is 0.211. The molecule has 1 heterocycles. The van der Waals surface area contributed by atoms with Crippen LogP contribution in [0.15, 0.2) is 24.3 Å². The first kappa shape index (κ1) is 14.2. The predicted octanol–water partition coefficient (Wildman–Crippen LogP) is 2.32. The van der Waals surface area contributed by atoms with Crippen molar-refractivity contribution >= 4 is 16.6 Å². The highest BCUT2D eigenvalue weighted by Crippen LogP contribution is 2.23. The van der Waals surface area contributed by atoms with Crippen molar-refractivity contribution in [1.82, 2.24) is 10.2 Å². The summed E-state index contributed by atoms with van der Waals surface area (Å²) in [6.45, 7) is 2.97. The quantitative estimate of drug-likeness (QED) is 0.787. The van der Waals surface area contributed by atoms with Crippen LogP contribution >= 0.6 is 0 Å². The summed E-state index contributed by atoms with van der Waals surface area (Å²) in [6, 6.07) is 9.70. The zero-order valence-corrected chi connectivity index (χ0v) is 11.5. The summed E-state index contributed by atoms with van der Waals surface area (Å²) in [4.78, 5) is 0. The highest BCUT2D eigenvalue weighted by Gasteiger charge is 2.09. The number of fused-ring (bicyclic) bond motifs is 1. The number of nitrogens with zero attached hydrogens (tertiary/aromatic N) is 3. The van der Waals surface area contributed by atoms with Gasteiger partial charge in [-0.25, -0.2) is 0 Å². The van der Waals surface area contributed by atoms with Crippen molar-refractivity contribution in [3.8, 4) is 6.07 Å². The molecule has 0 fully saturated rings. The molecule has 0 saturated heterocycles. The van der Waals surface area contributed by atoms with E-state index in [1.807, 2.05) is 31.2 Å². The third-order valence-electron chi connectivity index (χ3n) is 3.26. The third-order valence-corrected chi connectivity index (χ3v) is 3.26. The van der Waals surface area contributed by atoms with Gasteiger partial charge < -0.3 is 10.4 Å². The molecule has 104 valence electrons. The Labute approximate surface area is 118 Å². The minimum absolute atomic E-state index is 0.211. The van der Waals surface area contributed by atoms with Gasteiger partial charge in [-0.1, -0.05) is 25.1 Å². The van der Waals surface area contributed by atoms with Crippen molar-refractivity contribution in [2.75, 3.05) is 18.5 Å². The maximum atomic E-state index is 9.14. The molecule has 2 rings (SSSR count). The molecule has 2 aromatic rings. The van der Waals surface area contributed by atoms with Crippen LogP contribution in [0.2, 0.25) is 0 Å². The van der Waals surface area contributed by atoms with Crippen molar-refractivity contribution in [3.63, 3.8) is 0 Å². The maximum absolute atomic E-state index is 9.14. The monoisotopic (exact) mass is 270 g/mol. The Morgan fingerprint density at radius 1 is 1.35 bits per heavy atom. The molecule has 0 aliphatic carbocycles. The van der Waals surface area contributed by atoms with Crippen molar-refractivity contribution < 1.29 is 5.11 Å². The van der Waals surface area contributed by atoms with Crippen LogP contribution in [-0.2, 0) is 0 Å². The number of aromatic nitrogens is 2. The number of benzene rings is 1. The van der Waals surface area contributed by atoms with Gasteiger partial charge in [-0.2, -0.15) is 5.26 Å². The van der Waals surface area contributed by atoms with Gasteiger partial charge in [0.15, 0.2) is 5.69 Å². The van der Waals surface area contributed by atoms with E-state index in [-0.39, 0.29) is 6.61 Å². The van der Waals surface area contributed by atoms with Crippen LogP contribution < -0.4 is 5.32 Å². The average molecular weight is 270 g/mol. The van der Waals surface area contributed by atoms with E-state index in [9.17, 15) is 0 Å². The van der Waals surface area contributed by atoms with E-state index in [0.29, 0.717) is 11.6 Å². The SMILES string of the molecule is CC(CO)CCCNc1c(C#N)nnc2ccccc12. The second-order valence-corrected chi connectivity index (χ2v) is 4.91. The molecule has 20 heavy (non-hydrogen) atoms. The van der Waals surface area contributed by atoms with Gasteiger partial charge >= 0.3 is 0 Å². The molecule has 1 unspecified atom stereocenters. The standard InChI is InChI=1S/C15H18N4O/c1-11(10-20)5-4-8-17-15-12-6-2-3-7-13(12)18-19-14(15)9-16/h2-3,6-7,11,20H,4-5,8,10H2,1H3,(H,17,18). The Balaban J connectivity index is 2.14. The van der Waals surface area contributed by atoms with Crippen molar-refractivity contribution in [1.29, 1.82) is 5.26 Å². The van der Waals surface area contributed by atoms with Gasteiger partial charge in [0.25, 0.3) is 0 Å². The molecule has 2 N–H and O–H groups in total. The number of nitriles is 1. The number of aliphatic hydroxyl groups excluding tert-OH is 1. The number of rotatable bonds is 6. The summed E-state index contributed by atoms with van der Waals surface area (Å²) in [5.74, 6) is 0.305. The average Bonchev–Trinajstić information content (AvgIpc) is 2.50. The molecule has 0 amide bonds. The Hall–Kier alpha value is -2.19. The summed E-state index contributed by atoms with van der Waals surface area (Å²) in [5.41, 5.74) is 1.84.